The molecule has 1 aliphatic rings. The van der Waals surface area contributed by atoms with E-state index in [2.05, 4.69) is 27.9 Å². The number of unbranched alkanes of at least 4 members (excludes halogenated alkanes) is 15. The predicted octanol–water partition coefficient (Wildman–Crippen LogP) is 7.11. The van der Waals surface area contributed by atoms with Crippen LogP contribution >= 0.6 is 0 Å². The molecule has 0 spiro atoms. The van der Waals surface area contributed by atoms with Gasteiger partial charge in [0.1, 0.15) is 22.5 Å². The summed E-state index contributed by atoms with van der Waals surface area (Å²) in [5.74, 6) is -3.80. The van der Waals surface area contributed by atoms with Crippen LogP contribution < -0.4 is 10.7 Å². The molecule has 11 nitrogen and oxygen atoms in total. The molecule has 0 bridgehead atoms. The number of nitrogens with one attached hydrogen (secondary N) is 2. The number of aromatic hydroxyl groups is 1. The highest BCUT2D eigenvalue weighted by molar-refractivity contribution is 6.35. The van der Waals surface area contributed by atoms with Gasteiger partial charge in [-0.05, 0) is 37.1 Å². The van der Waals surface area contributed by atoms with Crippen molar-refractivity contribution in [2.75, 3.05) is 0 Å². The van der Waals surface area contributed by atoms with Gasteiger partial charge >= 0.3 is 11.8 Å². The molecule has 0 aliphatic carbocycles. The first-order chi connectivity index (χ1) is 23.8. The summed E-state index contributed by atoms with van der Waals surface area (Å²) < 4.78 is 0. The van der Waals surface area contributed by atoms with Crippen LogP contribution in [0.2, 0.25) is 0 Å². The molecule has 3 aromatic rings. The average Bonchev–Trinajstić information content (AvgIpc) is 3.64. The Hall–Kier alpha value is -4.28. The number of hydrogen-bond donors (Lipinski definition) is 3. The first kappa shape index (κ1) is 37.5. The van der Waals surface area contributed by atoms with E-state index in [0.29, 0.717) is 33.7 Å². The number of benzene rings is 2. The minimum atomic E-state index is -1.13. The largest absolute Gasteiger partial charge is 0.505 e. The monoisotopic (exact) mass is 674 g/mol. The fourth-order valence-corrected chi connectivity index (χ4v) is 6.47. The number of carbonyl (C=O) groups excluding carboxylic acids is 4. The molecule has 1 aromatic heterocycles. The summed E-state index contributed by atoms with van der Waals surface area (Å²) in [6, 6.07) is 10.7. The molecule has 266 valence electrons. The third kappa shape index (κ3) is 11.4. The normalized spacial score (nSPS) is 14.6. The summed E-state index contributed by atoms with van der Waals surface area (Å²) in [6.45, 7) is 3.91. The predicted molar refractivity (Wildman–Crippen MR) is 189 cm³/mol. The van der Waals surface area contributed by atoms with Crippen LogP contribution in [-0.4, -0.2) is 48.7 Å². The van der Waals surface area contributed by atoms with Gasteiger partial charge in [0.25, 0.3) is 5.91 Å². The first-order valence-corrected chi connectivity index (χ1v) is 18.4. The molecular formula is C38H54N6O5. The molecule has 49 heavy (non-hydrogen) atoms. The number of nitrogens with zero attached hydrogens (tertiary/aromatic N) is 4. The molecule has 4 amide bonds. The second kappa shape index (κ2) is 19.7. The lowest BCUT2D eigenvalue weighted by atomic mass is 9.98. The van der Waals surface area contributed by atoms with Crippen LogP contribution in [0.3, 0.4) is 0 Å². The van der Waals surface area contributed by atoms with Crippen LogP contribution in [-0.2, 0) is 25.7 Å². The zero-order valence-electron chi connectivity index (χ0n) is 29.3. The average molecular weight is 675 g/mol. The molecule has 1 saturated heterocycles. The van der Waals surface area contributed by atoms with Crippen molar-refractivity contribution in [2.45, 2.75) is 136 Å². The van der Waals surface area contributed by atoms with Gasteiger partial charge in [-0.15, -0.1) is 15.0 Å². The molecule has 1 atom stereocenters. The lowest BCUT2D eigenvalue weighted by molar-refractivity contribution is -0.151. The maximum atomic E-state index is 12.9. The zero-order valence-corrected chi connectivity index (χ0v) is 29.3. The van der Waals surface area contributed by atoms with Gasteiger partial charge in [0, 0.05) is 24.4 Å². The van der Waals surface area contributed by atoms with Gasteiger partial charge in [-0.25, -0.2) is 5.43 Å². The minimum Gasteiger partial charge on any atom is -0.505 e. The van der Waals surface area contributed by atoms with Gasteiger partial charge in [0.05, 0.1) is 0 Å². The van der Waals surface area contributed by atoms with Crippen LogP contribution in [0, 0.1) is 12.8 Å². The number of phenolic OH excluding ortho intramolecular Hbond substituents is 1. The number of imide groups is 1. The number of aromatic nitrogens is 3. The van der Waals surface area contributed by atoms with Crippen molar-refractivity contribution in [1.29, 1.82) is 0 Å². The quantitative estimate of drug-likeness (QED) is 0.0620. The Morgan fingerprint density at radius 3 is 1.88 bits per heavy atom. The Bertz CT molecular complexity index is 1520. The molecule has 2 aromatic carbocycles. The maximum absolute atomic E-state index is 12.9. The van der Waals surface area contributed by atoms with E-state index in [1.165, 1.54) is 88.3 Å². The topological polar surface area (TPSA) is 147 Å². The Morgan fingerprint density at radius 2 is 1.33 bits per heavy atom. The van der Waals surface area contributed by atoms with Gasteiger partial charge in [-0.1, -0.05) is 128 Å². The van der Waals surface area contributed by atoms with Gasteiger partial charge in [-0.2, -0.15) is 5.01 Å². The second-order valence-electron chi connectivity index (χ2n) is 13.5. The summed E-state index contributed by atoms with van der Waals surface area (Å²) in [5.41, 5.74) is 4.96. The van der Waals surface area contributed by atoms with Crippen molar-refractivity contribution in [3.8, 4) is 11.4 Å². The van der Waals surface area contributed by atoms with Gasteiger partial charge < -0.3 is 10.4 Å². The van der Waals surface area contributed by atoms with E-state index in [1.807, 2.05) is 31.2 Å². The number of rotatable bonds is 21. The maximum Gasteiger partial charge on any atom is 0.328 e. The number of hydrogen-bond acceptors (Lipinski definition) is 7. The van der Waals surface area contributed by atoms with E-state index in [0.717, 1.165) is 24.8 Å². The molecule has 3 N–H and O–H groups in total. The highest BCUT2D eigenvalue weighted by Crippen LogP contribution is 2.28. The summed E-state index contributed by atoms with van der Waals surface area (Å²) in [5, 5.41) is 22.9. The van der Waals surface area contributed by atoms with Gasteiger partial charge in [0.2, 0.25) is 5.91 Å². The van der Waals surface area contributed by atoms with Crippen LogP contribution in [0.4, 0.5) is 0 Å². The van der Waals surface area contributed by atoms with Crippen molar-refractivity contribution in [3.05, 3.63) is 47.5 Å². The Labute approximate surface area is 290 Å². The standard InChI is InChI=1S/C38H54N6O5/c1-3-4-5-6-7-8-9-10-11-12-13-14-15-16-17-18-21-29-26-34(45)43(38(29)49)42-37(48)36(47)39-27-30-24-28(2)25-33(35(30)46)44-40-31-22-19-20-23-32(31)41-44/h19-20,22-25,29,46H,3-18,21,26-27H2,1-2H3,(H,39,47)(H,42,48). The van der Waals surface area contributed by atoms with Gasteiger partial charge in [0.15, 0.2) is 0 Å². The minimum absolute atomic E-state index is 0.0237. The van der Waals surface area contributed by atoms with E-state index >= 15 is 0 Å². The molecular weight excluding hydrogens is 620 g/mol. The van der Waals surface area contributed by atoms with Crippen LogP contribution in [0.5, 0.6) is 5.75 Å². The van der Waals surface area contributed by atoms with E-state index in [-0.39, 0.29) is 18.7 Å². The molecule has 4 rings (SSSR count). The van der Waals surface area contributed by atoms with E-state index in [4.69, 9.17) is 0 Å². The number of amides is 4. The highest BCUT2D eigenvalue weighted by Gasteiger charge is 2.40. The van der Waals surface area contributed by atoms with Crippen molar-refractivity contribution in [3.63, 3.8) is 0 Å². The van der Waals surface area contributed by atoms with Crippen LogP contribution in [0.15, 0.2) is 36.4 Å². The molecule has 2 heterocycles. The third-order valence-electron chi connectivity index (χ3n) is 9.32. The van der Waals surface area contributed by atoms with Crippen molar-refractivity contribution in [1.82, 2.24) is 30.7 Å². The van der Waals surface area contributed by atoms with Crippen molar-refractivity contribution < 1.29 is 24.3 Å². The van der Waals surface area contributed by atoms with Crippen LogP contribution in [0.1, 0.15) is 134 Å². The number of fused-ring (bicyclic) bond motifs is 1. The van der Waals surface area contributed by atoms with E-state index in [9.17, 15) is 24.3 Å². The summed E-state index contributed by atoms with van der Waals surface area (Å²) in [4.78, 5) is 52.0. The third-order valence-corrected chi connectivity index (χ3v) is 9.32. The molecule has 1 fully saturated rings. The number of carbonyl (C=O) groups is 4. The molecule has 0 radical (unpaired) electrons. The SMILES string of the molecule is CCCCCCCCCCCCCCCCCCC1CC(=O)N(NC(=O)C(=O)NCc2cc(C)cc(-n3nc4ccccc4n3)c2O)C1=O. The number of aryl methyl sites for hydroxylation is 1. The molecule has 11 heteroatoms. The summed E-state index contributed by atoms with van der Waals surface area (Å²) in [7, 11) is 0. The Kier molecular flexibility index (Phi) is 15.1. The summed E-state index contributed by atoms with van der Waals surface area (Å²) >= 11 is 0. The number of phenols is 1. The number of hydrazine groups is 1. The first-order valence-electron chi connectivity index (χ1n) is 18.4. The lowest BCUT2D eigenvalue weighted by Gasteiger charge is -2.16. The van der Waals surface area contributed by atoms with Crippen molar-refractivity contribution >= 4 is 34.7 Å². The molecule has 0 saturated carbocycles. The molecule has 1 aliphatic heterocycles. The van der Waals surface area contributed by atoms with Gasteiger partial charge in [-0.3, -0.25) is 19.2 Å². The fourth-order valence-electron chi connectivity index (χ4n) is 6.47. The Balaban J connectivity index is 1.10. The fraction of sp³-hybridized carbons (Fsp3) is 0.579. The Morgan fingerprint density at radius 1 is 0.796 bits per heavy atom. The smallest absolute Gasteiger partial charge is 0.328 e. The second-order valence-corrected chi connectivity index (χ2v) is 13.5. The van der Waals surface area contributed by atoms with E-state index < -0.39 is 29.5 Å². The summed E-state index contributed by atoms with van der Waals surface area (Å²) in [6.07, 6.45) is 20.9. The van der Waals surface area contributed by atoms with E-state index in [1.54, 1.807) is 12.1 Å². The highest BCUT2D eigenvalue weighted by atomic mass is 16.3. The lowest BCUT2D eigenvalue weighted by Crippen LogP contribution is -2.51. The van der Waals surface area contributed by atoms with Crippen LogP contribution in [0.25, 0.3) is 16.7 Å². The zero-order chi connectivity index (χ0) is 35.0. The molecule has 1 unspecified atom stereocenters. The van der Waals surface area contributed by atoms with Crippen molar-refractivity contribution in [2.24, 2.45) is 5.92 Å².